The van der Waals surface area contributed by atoms with E-state index < -0.39 is 0 Å². The van der Waals surface area contributed by atoms with Gasteiger partial charge in [0.05, 0.1) is 12.8 Å². The first-order chi connectivity index (χ1) is 12.1. The van der Waals surface area contributed by atoms with Crippen LogP contribution in [0.25, 0.3) is 0 Å². The summed E-state index contributed by atoms with van der Waals surface area (Å²) in [6.45, 7) is 1.90. The largest absolute Gasteiger partial charge is 0.496 e. The molecule has 0 aliphatic heterocycles. The number of rotatable bonds is 6. The summed E-state index contributed by atoms with van der Waals surface area (Å²) in [6, 6.07) is 5.31. The van der Waals surface area contributed by atoms with Crippen LogP contribution in [-0.2, 0) is 6.42 Å². The van der Waals surface area contributed by atoms with Crippen LogP contribution in [0.3, 0.4) is 0 Å². The van der Waals surface area contributed by atoms with E-state index in [1.807, 2.05) is 19.4 Å². The summed E-state index contributed by atoms with van der Waals surface area (Å²) in [5.74, 6) is 0.561. The predicted octanol–water partition coefficient (Wildman–Crippen LogP) is 3.20. The highest BCUT2D eigenvalue weighted by Gasteiger charge is 2.12. The summed E-state index contributed by atoms with van der Waals surface area (Å²) in [4.78, 5) is 16.8. The smallest absolute Gasteiger partial charge is 0.257 e. The van der Waals surface area contributed by atoms with Crippen molar-refractivity contribution in [2.24, 2.45) is 0 Å². The van der Waals surface area contributed by atoms with Crippen LogP contribution in [0.2, 0.25) is 0 Å². The second kappa shape index (κ2) is 7.58. The predicted molar refractivity (Wildman–Crippen MR) is 100 cm³/mol. The normalized spacial score (nSPS) is 10.5. The Kier molecular flexibility index (Phi) is 5.25. The highest BCUT2D eigenvalue weighted by Crippen LogP contribution is 2.23. The molecule has 0 saturated heterocycles. The third kappa shape index (κ3) is 4.12. The van der Waals surface area contributed by atoms with Crippen LogP contribution in [0, 0.1) is 6.92 Å². The first-order valence-corrected chi connectivity index (χ1v) is 9.19. The van der Waals surface area contributed by atoms with Crippen LogP contribution in [0.5, 0.6) is 5.75 Å². The van der Waals surface area contributed by atoms with Crippen LogP contribution in [-0.4, -0.2) is 35.2 Å². The summed E-state index contributed by atoms with van der Waals surface area (Å²) in [7, 11) is 3.42. The zero-order valence-corrected chi connectivity index (χ0v) is 15.6. The number of hydrogen-bond acceptors (Lipinski definition) is 8. The number of amides is 1. The molecule has 2 N–H and O–H groups in total. The van der Waals surface area contributed by atoms with E-state index in [0.717, 1.165) is 27.1 Å². The summed E-state index contributed by atoms with van der Waals surface area (Å²) in [5.41, 5.74) is 2.33. The summed E-state index contributed by atoms with van der Waals surface area (Å²) < 4.78 is 5.21. The van der Waals surface area contributed by atoms with Crippen molar-refractivity contribution >= 4 is 38.8 Å². The number of nitrogens with zero attached hydrogens (tertiary/aromatic N) is 3. The van der Waals surface area contributed by atoms with Gasteiger partial charge in [-0.1, -0.05) is 11.3 Å². The summed E-state index contributed by atoms with van der Waals surface area (Å²) in [5, 5.41) is 18.0. The molecular weight excluding hydrogens is 358 g/mol. The van der Waals surface area contributed by atoms with Gasteiger partial charge < -0.3 is 10.1 Å². The third-order valence-electron chi connectivity index (χ3n) is 3.44. The maximum Gasteiger partial charge on any atom is 0.257 e. The summed E-state index contributed by atoms with van der Waals surface area (Å²) in [6.07, 6.45) is 0.591. The molecule has 3 aromatic rings. The minimum atomic E-state index is -0.194. The lowest BCUT2D eigenvalue weighted by atomic mass is 10.1. The van der Waals surface area contributed by atoms with Crippen LogP contribution >= 0.6 is 22.7 Å². The van der Waals surface area contributed by atoms with E-state index in [2.05, 4.69) is 25.8 Å². The Hall–Kier alpha value is -2.52. The molecule has 2 aromatic heterocycles. The van der Waals surface area contributed by atoms with Crippen molar-refractivity contribution in [2.45, 2.75) is 13.3 Å². The molecule has 0 spiro atoms. The Labute approximate surface area is 153 Å². The Morgan fingerprint density at radius 2 is 2.12 bits per heavy atom. The molecule has 9 heteroatoms. The lowest BCUT2D eigenvalue weighted by Crippen LogP contribution is -2.12. The number of methoxy groups -OCH3 is 1. The number of aromatic nitrogens is 3. The standard InChI is InChI=1S/C16H17N5O2S2/c1-9-6-10(4-5-12(9)23-3)14(22)19-16-18-11(8-24-16)7-13-20-21-15(17-2)25-13/h4-6,8H,7H2,1-3H3,(H,17,21)(H,18,19,22). The second-order valence-corrected chi connectivity index (χ2v) is 7.13. The number of benzene rings is 1. The number of aryl methyl sites for hydroxylation is 1. The van der Waals surface area contributed by atoms with E-state index in [4.69, 9.17) is 4.74 Å². The Balaban J connectivity index is 1.66. The lowest BCUT2D eigenvalue weighted by molar-refractivity contribution is 0.102. The molecule has 0 bridgehead atoms. The number of anilines is 2. The van der Waals surface area contributed by atoms with Gasteiger partial charge in [-0.2, -0.15) is 0 Å². The number of carbonyl (C=O) groups is 1. The molecule has 3 rings (SSSR count). The highest BCUT2D eigenvalue weighted by molar-refractivity contribution is 7.15. The van der Waals surface area contributed by atoms with Gasteiger partial charge in [0.15, 0.2) is 5.13 Å². The molecule has 130 valence electrons. The minimum absolute atomic E-state index is 0.194. The maximum atomic E-state index is 12.4. The molecule has 7 nitrogen and oxygen atoms in total. The van der Waals surface area contributed by atoms with Gasteiger partial charge in [-0.3, -0.25) is 10.1 Å². The first-order valence-electron chi connectivity index (χ1n) is 7.49. The third-order valence-corrected chi connectivity index (χ3v) is 5.19. The fraction of sp³-hybridized carbons (Fsp3) is 0.250. The van der Waals surface area contributed by atoms with Gasteiger partial charge in [-0.25, -0.2) is 4.98 Å². The highest BCUT2D eigenvalue weighted by atomic mass is 32.1. The first kappa shape index (κ1) is 17.3. The Morgan fingerprint density at radius 3 is 2.80 bits per heavy atom. The molecule has 2 heterocycles. The molecule has 1 aromatic carbocycles. The van der Waals surface area contributed by atoms with E-state index in [-0.39, 0.29) is 5.91 Å². The van der Waals surface area contributed by atoms with Gasteiger partial charge in [0, 0.05) is 24.4 Å². The molecule has 0 atom stereocenters. The van der Waals surface area contributed by atoms with Crippen molar-refractivity contribution in [3.8, 4) is 5.75 Å². The molecule has 0 aliphatic carbocycles. The van der Waals surface area contributed by atoms with Gasteiger partial charge >= 0.3 is 0 Å². The number of carbonyl (C=O) groups excluding carboxylic acids is 1. The van der Waals surface area contributed by atoms with Crippen molar-refractivity contribution in [1.82, 2.24) is 15.2 Å². The SMILES string of the molecule is CNc1nnc(Cc2csc(NC(=O)c3ccc(OC)c(C)c3)n2)s1. The van der Waals surface area contributed by atoms with Crippen molar-refractivity contribution < 1.29 is 9.53 Å². The Bertz CT molecular complexity index is 890. The average molecular weight is 375 g/mol. The molecule has 0 fully saturated rings. The van der Waals surface area contributed by atoms with Crippen LogP contribution < -0.4 is 15.4 Å². The van der Waals surface area contributed by atoms with Gasteiger partial charge in [-0.05, 0) is 30.7 Å². The molecular formula is C16H17N5O2S2. The minimum Gasteiger partial charge on any atom is -0.496 e. The van der Waals surface area contributed by atoms with Crippen molar-refractivity contribution in [3.63, 3.8) is 0 Å². The molecule has 0 unspecified atom stereocenters. The fourth-order valence-corrected chi connectivity index (χ4v) is 3.63. The van der Waals surface area contributed by atoms with Gasteiger partial charge in [0.2, 0.25) is 5.13 Å². The second-order valence-electron chi connectivity index (χ2n) is 5.21. The van der Waals surface area contributed by atoms with Crippen LogP contribution in [0.4, 0.5) is 10.3 Å². The molecule has 25 heavy (non-hydrogen) atoms. The maximum absolute atomic E-state index is 12.4. The quantitative estimate of drug-likeness (QED) is 0.688. The van der Waals surface area contributed by atoms with Crippen molar-refractivity contribution in [2.75, 3.05) is 24.8 Å². The molecule has 0 aliphatic rings. The van der Waals surface area contributed by atoms with Crippen LogP contribution in [0.1, 0.15) is 26.6 Å². The van der Waals surface area contributed by atoms with E-state index >= 15 is 0 Å². The monoisotopic (exact) mass is 375 g/mol. The van der Waals surface area contributed by atoms with Crippen molar-refractivity contribution in [3.05, 3.63) is 45.4 Å². The van der Waals surface area contributed by atoms with Crippen molar-refractivity contribution in [1.29, 1.82) is 0 Å². The zero-order valence-electron chi connectivity index (χ0n) is 14.0. The molecule has 0 saturated carbocycles. The van der Waals surface area contributed by atoms with E-state index in [1.165, 1.54) is 22.7 Å². The number of hydrogen-bond donors (Lipinski definition) is 2. The van der Waals surface area contributed by atoms with Crippen LogP contribution in [0.15, 0.2) is 23.6 Å². The molecule has 1 amide bonds. The average Bonchev–Trinajstić information content (AvgIpc) is 3.24. The molecule has 0 radical (unpaired) electrons. The summed E-state index contributed by atoms with van der Waals surface area (Å²) >= 11 is 2.87. The number of nitrogens with one attached hydrogen (secondary N) is 2. The van der Waals surface area contributed by atoms with E-state index in [0.29, 0.717) is 17.1 Å². The topological polar surface area (TPSA) is 89.0 Å². The van der Waals surface area contributed by atoms with E-state index in [9.17, 15) is 4.79 Å². The number of thiazole rings is 1. The number of ether oxygens (including phenoxy) is 1. The van der Waals surface area contributed by atoms with Gasteiger partial charge in [0.25, 0.3) is 5.91 Å². The van der Waals surface area contributed by atoms with Gasteiger partial charge in [0.1, 0.15) is 10.8 Å². The Morgan fingerprint density at radius 1 is 1.28 bits per heavy atom. The lowest BCUT2D eigenvalue weighted by Gasteiger charge is -2.07. The zero-order chi connectivity index (χ0) is 17.8. The van der Waals surface area contributed by atoms with E-state index in [1.54, 1.807) is 25.3 Å². The van der Waals surface area contributed by atoms with Gasteiger partial charge in [-0.15, -0.1) is 21.5 Å². The fourth-order valence-electron chi connectivity index (χ4n) is 2.22.